The van der Waals surface area contributed by atoms with Crippen molar-refractivity contribution in [3.05, 3.63) is 71.3 Å². The minimum Gasteiger partial charge on any atom is -0.497 e. The summed E-state index contributed by atoms with van der Waals surface area (Å²) in [6.07, 6.45) is 1.99. The largest absolute Gasteiger partial charge is 0.497 e. The van der Waals surface area contributed by atoms with E-state index >= 15 is 0 Å². The quantitative estimate of drug-likeness (QED) is 0.707. The maximum absolute atomic E-state index is 13.5. The first-order valence-electron chi connectivity index (χ1n) is 9.95. The Bertz CT molecular complexity index is 950. The molecule has 1 aliphatic heterocycles. The van der Waals surface area contributed by atoms with E-state index in [9.17, 15) is 9.59 Å². The zero-order valence-electron chi connectivity index (χ0n) is 17.8. The van der Waals surface area contributed by atoms with Crippen molar-refractivity contribution in [3.8, 4) is 5.75 Å². The van der Waals surface area contributed by atoms with Gasteiger partial charge in [0.05, 0.1) is 25.7 Å². The van der Waals surface area contributed by atoms with E-state index in [1.165, 1.54) is 0 Å². The number of methoxy groups -OCH3 is 2. The first-order valence-corrected chi connectivity index (χ1v) is 9.95. The lowest BCUT2D eigenvalue weighted by molar-refractivity contribution is -0.118. The van der Waals surface area contributed by atoms with Crippen LogP contribution in [-0.2, 0) is 9.53 Å². The number of fused-ring (bicyclic) bond motifs is 1. The Kier molecular flexibility index (Phi) is 6.90. The van der Waals surface area contributed by atoms with Gasteiger partial charge < -0.3 is 19.7 Å². The number of nitrogens with one attached hydrogen (secondary N) is 1. The fraction of sp³-hybridized carbons (Fsp3) is 0.333. The summed E-state index contributed by atoms with van der Waals surface area (Å²) in [7, 11) is 3.19. The van der Waals surface area contributed by atoms with Crippen molar-refractivity contribution < 1.29 is 19.1 Å². The van der Waals surface area contributed by atoms with Gasteiger partial charge in [-0.1, -0.05) is 35.9 Å². The summed E-state index contributed by atoms with van der Waals surface area (Å²) in [6, 6.07) is 14.2. The van der Waals surface area contributed by atoms with Gasteiger partial charge in [-0.2, -0.15) is 0 Å². The second-order valence-electron chi connectivity index (χ2n) is 7.51. The van der Waals surface area contributed by atoms with E-state index in [2.05, 4.69) is 5.32 Å². The first-order chi connectivity index (χ1) is 14.5. The Balaban J connectivity index is 2.04. The van der Waals surface area contributed by atoms with Crippen molar-refractivity contribution in [1.29, 1.82) is 0 Å². The second kappa shape index (κ2) is 9.59. The molecule has 3 rings (SSSR count). The third-order valence-corrected chi connectivity index (χ3v) is 5.15. The van der Waals surface area contributed by atoms with E-state index in [0.29, 0.717) is 30.2 Å². The molecule has 0 bridgehead atoms. The Morgan fingerprint density at radius 2 is 1.90 bits per heavy atom. The van der Waals surface area contributed by atoms with E-state index in [-0.39, 0.29) is 11.8 Å². The predicted molar refractivity (Wildman–Crippen MR) is 117 cm³/mol. The molecule has 6 nitrogen and oxygen atoms in total. The molecule has 158 valence electrons. The van der Waals surface area contributed by atoms with Gasteiger partial charge in [0.25, 0.3) is 5.91 Å². The van der Waals surface area contributed by atoms with Gasteiger partial charge in [-0.05, 0) is 37.6 Å². The molecule has 0 saturated carbocycles. The molecule has 0 fully saturated rings. The number of allylic oxidation sites excluding steroid dienone is 1. The van der Waals surface area contributed by atoms with Gasteiger partial charge in [0.15, 0.2) is 0 Å². The Morgan fingerprint density at radius 1 is 1.13 bits per heavy atom. The molecule has 0 aromatic heterocycles. The summed E-state index contributed by atoms with van der Waals surface area (Å²) in [4.78, 5) is 28.4. The van der Waals surface area contributed by atoms with Gasteiger partial charge in [0.1, 0.15) is 5.75 Å². The number of rotatable bonds is 7. The molecule has 2 aromatic carbocycles. The van der Waals surface area contributed by atoms with Crippen LogP contribution in [0.15, 0.2) is 60.2 Å². The average Bonchev–Trinajstić information content (AvgIpc) is 2.73. The molecule has 30 heavy (non-hydrogen) atoms. The highest BCUT2D eigenvalue weighted by molar-refractivity contribution is 6.04. The molecule has 2 amide bonds. The van der Waals surface area contributed by atoms with Crippen molar-refractivity contribution in [2.75, 3.05) is 32.7 Å². The van der Waals surface area contributed by atoms with Crippen molar-refractivity contribution in [1.82, 2.24) is 4.90 Å². The van der Waals surface area contributed by atoms with E-state index in [1.807, 2.05) is 56.3 Å². The van der Waals surface area contributed by atoms with Crippen molar-refractivity contribution >= 4 is 17.5 Å². The normalized spacial score (nSPS) is 17.9. The first kappa shape index (κ1) is 21.6. The molecule has 1 heterocycles. The van der Waals surface area contributed by atoms with Gasteiger partial charge in [-0.25, -0.2) is 0 Å². The Morgan fingerprint density at radius 3 is 2.60 bits per heavy atom. The minimum atomic E-state index is -0.545. The number of hydrogen-bond acceptors (Lipinski definition) is 4. The third kappa shape index (κ3) is 4.54. The van der Waals surface area contributed by atoms with E-state index in [0.717, 1.165) is 11.1 Å². The number of carbonyl (C=O) groups is 2. The van der Waals surface area contributed by atoms with Crippen LogP contribution in [0.5, 0.6) is 5.75 Å². The minimum absolute atomic E-state index is 0.0874. The van der Waals surface area contributed by atoms with Crippen LogP contribution in [0.1, 0.15) is 35.7 Å². The topological polar surface area (TPSA) is 67.9 Å². The highest BCUT2D eigenvalue weighted by Crippen LogP contribution is 2.35. The second-order valence-corrected chi connectivity index (χ2v) is 7.51. The van der Waals surface area contributed by atoms with Crippen LogP contribution in [0, 0.1) is 0 Å². The number of benzene rings is 2. The number of nitrogens with zero attached hydrogens (tertiary/aromatic N) is 1. The van der Waals surface area contributed by atoms with Gasteiger partial charge in [0, 0.05) is 31.0 Å². The fourth-order valence-corrected chi connectivity index (χ4v) is 3.80. The van der Waals surface area contributed by atoms with Crippen LogP contribution in [0.2, 0.25) is 0 Å². The third-order valence-electron chi connectivity index (χ3n) is 5.15. The lowest BCUT2D eigenvalue weighted by Crippen LogP contribution is -2.51. The lowest BCUT2D eigenvalue weighted by Gasteiger charge is -2.40. The van der Waals surface area contributed by atoms with Crippen LogP contribution in [0.4, 0.5) is 5.69 Å². The van der Waals surface area contributed by atoms with Crippen LogP contribution in [-0.4, -0.2) is 50.1 Å². The summed E-state index contributed by atoms with van der Waals surface area (Å²) in [5.74, 6) is -0.143. The number of carbonyl (C=O) groups excluding carboxylic acids is 2. The maximum Gasteiger partial charge on any atom is 0.254 e. The molecular formula is C24H28N2O4. The highest BCUT2D eigenvalue weighted by Gasteiger charge is 2.42. The summed E-state index contributed by atoms with van der Waals surface area (Å²) in [6.45, 7) is 4.74. The summed E-state index contributed by atoms with van der Waals surface area (Å²) >= 11 is 0. The average molecular weight is 408 g/mol. The highest BCUT2D eigenvalue weighted by atomic mass is 16.5. The van der Waals surface area contributed by atoms with Crippen LogP contribution in [0.25, 0.3) is 0 Å². The van der Waals surface area contributed by atoms with Crippen molar-refractivity contribution in [3.63, 3.8) is 0 Å². The molecule has 2 unspecified atom stereocenters. The van der Waals surface area contributed by atoms with E-state index in [1.54, 1.807) is 31.3 Å². The maximum atomic E-state index is 13.5. The molecule has 1 aliphatic rings. The summed E-state index contributed by atoms with van der Waals surface area (Å²) < 4.78 is 10.5. The molecule has 1 N–H and O–H groups in total. The number of ether oxygens (including phenoxy) is 2. The van der Waals surface area contributed by atoms with Crippen LogP contribution >= 0.6 is 0 Å². The Labute approximate surface area is 177 Å². The molecule has 0 spiro atoms. The predicted octanol–water partition coefficient (Wildman–Crippen LogP) is 3.85. The van der Waals surface area contributed by atoms with E-state index in [4.69, 9.17) is 9.47 Å². The number of anilines is 1. The standard InChI is InChI=1S/C24H28N2O4/c1-16(2)14-21-22(23(27)25-17-8-7-9-18(15-17)30-4)19-10-5-6-11-20(19)24(28)26(21)12-13-29-3/h5-11,14-15,21-22H,12-13H2,1-4H3,(H,25,27). The molecular weight excluding hydrogens is 380 g/mol. The molecule has 2 atom stereocenters. The number of hydrogen-bond donors (Lipinski definition) is 1. The smallest absolute Gasteiger partial charge is 0.254 e. The van der Waals surface area contributed by atoms with Crippen LogP contribution < -0.4 is 10.1 Å². The van der Waals surface area contributed by atoms with Crippen molar-refractivity contribution in [2.45, 2.75) is 25.8 Å². The van der Waals surface area contributed by atoms with Gasteiger partial charge in [-0.3, -0.25) is 9.59 Å². The SMILES string of the molecule is COCCN1C(=O)c2ccccc2C(C(=O)Nc2cccc(OC)c2)C1C=C(C)C. The zero-order chi connectivity index (χ0) is 21.7. The van der Waals surface area contributed by atoms with Crippen LogP contribution in [0.3, 0.4) is 0 Å². The zero-order valence-corrected chi connectivity index (χ0v) is 17.8. The Hall–Kier alpha value is -3.12. The molecule has 0 aliphatic carbocycles. The summed E-state index contributed by atoms with van der Waals surface area (Å²) in [5, 5.41) is 3.00. The monoisotopic (exact) mass is 408 g/mol. The number of amides is 2. The van der Waals surface area contributed by atoms with Crippen molar-refractivity contribution in [2.24, 2.45) is 0 Å². The molecule has 0 radical (unpaired) electrons. The van der Waals surface area contributed by atoms with Gasteiger partial charge >= 0.3 is 0 Å². The van der Waals surface area contributed by atoms with Gasteiger partial charge in [0.2, 0.25) is 5.91 Å². The molecule has 2 aromatic rings. The van der Waals surface area contributed by atoms with E-state index < -0.39 is 12.0 Å². The summed E-state index contributed by atoms with van der Waals surface area (Å²) in [5.41, 5.74) is 2.97. The fourth-order valence-electron chi connectivity index (χ4n) is 3.80. The van der Waals surface area contributed by atoms with Gasteiger partial charge in [-0.15, -0.1) is 0 Å². The molecule has 0 saturated heterocycles. The molecule has 6 heteroatoms. The lowest BCUT2D eigenvalue weighted by atomic mass is 9.81.